The smallest absolute Gasteiger partial charge is 0.126 e. The van der Waals surface area contributed by atoms with Crippen LogP contribution < -0.4 is 4.74 Å². The Morgan fingerprint density at radius 3 is 2.93 bits per heavy atom. The summed E-state index contributed by atoms with van der Waals surface area (Å²) in [6.45, 7) is 0. The molecule has 74 valence electrons. The van der Waals surface area contributed by atoms with Gasteiger partial charge in [-0.15, -0.1) is 0 Å². The molecule has 1 aliphatic rings. The topological polar surface area (TPSA) is 9.23 Å². The first-order chi connectivity index (χ1) is 7.40. The number of hydrogen-bond donors (Lipinski definition) is 0. The summed E-state index contributed by atoms with van der Waals surface area (Å²) in [5.74, 6) is 0.964. The third-order valence-electron chi connectivity index (χ3n) is 2.97. The van der Waals surface area contributed by atoms with E-state index in [-0.39, 0.29) is 0 Å². The quantitative estimate of drug-likeness (QED) is 0.679. The molecule has 0 heterocycles. The van der Waals surface area contributed by atoms with Crippen LogP contribution in [-0.4, -0.2) is 7.11 Å². The third-order valence-corrected chi connectivity index (χ3v) is 2.97. The molecule has 0 atom stereocenters. The van der Waals surface area contributed by atoms with E-state index in [1.807, 2.05) is 6.07 Å². The molecule has 2 aromatic rings. The zero-order valence-electron chi connectivity index (χ0n) is 8.66. The SMILES string of the molecule is COc1ccc2cccc3c2c1C=CC3. The first-order valence-electron chi connectivity index (χ1n) is 5.15. The van der Waals surface area contributed by atoms with Crippen LogP contribution >= 0.6 is 0 Å². The molecule has 0 radical (unpaired) electrons. The molecule has 0 aliphatic heterocycles. The predicted octanol–water partition coefficient (Wildman–Crippen LogP) is 3.42. The van der Waals surface area contributed by atoms with Crippen molar-refractivity contribution in [2.75, 3.05) is 7.11 Å². The van der Waals surface area contributed by atoms with Crippen molar-refractivity contribution in [2.45, 2.75) is 6.42 Å². The summed E-state index contributed by atoms with van der Waals surface area (Å²) in [7, 11) is 1.72. The van der Waals surface area contributed by atoms with Crippen molar-refractivity contribution in [2.24, 2.45) is 0 Å². The van der Waals surface area contributed by atoms with E-state index in [1.165, 1.54) is 21.9 Å². The first kappa shape index (κ1) is 8.54. The Labute approximate surface area is 89.0 Å². The van der Waals surface area contributed by atoms with Crippen molar-refractivity contribution in [3.8, 4) is 5.75 Å². The lowest BCUT2D eigenvalue weighted by molar-refractivity contribution is 0.414. The molecule has 1 aliphatic carbocycles. The van der Waals surface area contributed by atoms with Gasteiger partial charge in [0.25, 0.3) is 0 Å². The highest BCUT2D eigenvalue weighted by Gasteiger charge is 2.11. The molecule has 0 unspecified atom stereocenters. The lowest BCUT2D eigenvalue weighted by Gasteiger charge is -2.15. The Hall–Kier alpha value is -1.76. The molecular formula is C14H12O. The molecule has 0 aromatic heterocycles. The average Bonchev–Trinajstić information content (AvgIpc) is 2.30. The third kappa shape index (κ3) is 1.16. The van der Waals surface area contributed by atoms with Gasteiger partial charge in [0.1, 0.15) is 5.75 Å². The second-order valence-corrected chi connectivity index (χ2v) is 3.80. The molecule has 1 nitrogen and oxygen atoms in total. The van der Waals surface area contributed by atoms with Gasteiger partial charge in [-0.25, -0.2) is 0 Å². The lowest BCUT2D eigenvalue weighted by Crippen LogP contribution is -1.95. The molecule has 1 heteroatoms. The largest absolute Gasteiger partial charge is 0.496 e. The maximum Gasteiger partial charge on any atom is 0.126 e. The minimum atomic E-state index is 0.964. The van der Waals surface area contributed by atoms with Gasteiger partial charge in [-0.3, -0.25) is 0 Å². The van der Waals surface area contributed by atoms with Crippen LogP contribution in [0.1, 0.15) is 11.1 Å². The van der Waals surface area contributed by atoms with Gasteiger partial charge >= 0.3 is 0 Å². The van der Waals surface area contributed by atoms with Crippen molar-refractivity contribution in [1.29, 1.82) is 0 Å². The van der Waals surface area contributed by atoms with Crippen LogP contribution in [0.3, 0.4) is 0 Å². The van der Waals surface area contributed by atoms with Crippen LogP contribution in [0.15, 0.2) is 36.4 Å². The molecule has 2 aromatic carbocycles. The standard InChI is InChI=1S/C14H12O/c1-15-13-9-8-11-5-2-4-10-6-3-7-12(13)14(10)11/h2-5,7-9H,6H2,1H3. The van der Waals surface area contributed by atoms with E-state index < -0.39 is 0 Å². The Morgan fingerprint density at radius 2 is 2.07 bits per heavy atom. The van der Waals surface area contributed by atoms with Crippen molar-refractivity contribution < 1.29 is 4.74 Å². The van der Waals surface area contributed by atoms with Gasteiger partial charge in [0.15, 0.2) is 0 Å². The highest BCUT2D eigenvalue weighted by molar-refractivity contribution is 5.97. The molecule has 0 saturated carbocycles. The zero-order valence-corrected chi connectivity index (χ0v) is 8.66. The van der Waals surface area contributed by atoms with E-state index in [2.05, 4.69) is 36.4 Å². The highest BCUT2D eigenvalue weighted by atomic mass is 16.5. The lowest BCUT2D eigenvalue weighted by atomic mass is 9.92. The van der Waals surface area contributed by atoms with E-state index >= 15 is 0 Å². The molecule has 0 bridgehead atoms. The minimum absolute atomic E-state index is 0.964. The van der Waals surface area contributed by atoms with Crippen LogP contribution in [0.4, 0.5) is 0 Å². The maximum atomic E-state index is 5.38. The monoisotopic (exact) mass is 196 g/mol. The van der Waals surface area contributed by atoms with E-state index in [1.54, 1.807) is 7.11 Å². The summed E-state index contributed by atoms with van der Waals surface area (Å²) < 4.78 is 5.38. The highest BCUT2D eigenvalue weighted by Crippen LogP contribution is 2.34. The summed E-state index contributed by atoms with van der Waals surface area (Å²) in [5.41, 5.74) is 2.61. The Kier molecular flexibility index (Phi) is 1.78. The predicted molar refractivity (Wildman–Crippen MR) is 63.2 cm³/mol. The summed E-state index contributed by atoms with van der Waals surface area (Å²) in [6, 6.07) is 10.6. The Morgan fingerprint density at radius 1 is 1.13 bits per heavy atom. The average molecular weight is 196 g/mol. The van der Waals surface area contributed by atoms with Gasteiger partial charge in [0.05, 0.1) is 7.11 Å². The summed E-state index contributed by atoms with van der Waals surface area (Å²) in [4.78, 5) is 0. The normalized spacial score (nSPS) is 13.1. The summed E-state index contributed by atoms with van der Waals surface area (Å²) >= 11 is 0. The fourth-order valence-electron chi connectivity index (χ4n) is 2.28. The molecule has 0 saturated heterocycles. The number of ether oxygens (including phenoxy) is 1. The van der Waals surface area contributed by atoms with Gasteiger partial charge in [-0.2, -0.15) is 0 Å². The molecule has 0 N–H and O–H groups in total. The van der Waals surface area contributed by atoms with Crippen LogP contribution in [-0.2, 0) is 6.42 Å². The van der Waals surface area contributed by atoms with E-state index in [0.29, 0.717) is 0 Å². The molecular weight excluding hydrogens is 184 g/mol. The van der Waals surface area contributed by atoms with Crippen LogP contribution in [0.25, 0.3) is 16.8 Å². The minimum Gasteiger partial charge on any atom is -0.496 e. The molecule has 0 fully saturated rings. The van der Waals surface area contributed by atoms with Gasteiger partial charge < -0.3 is 4.74 Å². The summed E-state index contributed by atoms with van der Waals surface area (Å²) in [5, 5.41) is 2.65. The van der Waals surface area contributed by atoms with Crippen LogP contribution in [0, 0.1) is 0 Å². The van der Waals surface area contributed by atoms with Crippen molar-refractivity contribution >= 4 is 16.8 Å². The number of rotatable bonds is 1. The fourth-order valence-corrected chi connectivity index (χ4v) is 2.28. The van der Waals surface area contributed by atoms with Gasteiger partial charge in [-0.1, -0.05) is 36.4 Å². The first-order valence-corrected chi connectivity index (χ1v) is 5.15. The van der Waals surface area contributed by atoms with Gasteiger partial charge in [0, 0.05) is 5.56 Å². The number of methoxy groups -OCH3 is 1. The zero-order chi connectivity index (χ0) is 10.3. The number of allylic oxidation sites excluding steroid dienone is 1. The van der Waals surface area contributed by atoms with E-state index in [9.17, 15) is 0 Å². The van der Waals surface area contributed by atoms with Crippen molar-refractivity contribution in [3.05, 3.63) is 47.5 Å². The fraction of sp³-hybridized carbons (Fsp3) is 0.143. The molecule has 15 heavy (non-hydrogen) atoms. The molecule has 3 rings (SSSR count). The van der Waals surface area contributed by atoms with Gasteiger partial charge in [0.2, 0.25) is 0 Å². The second kappa shape index (κ2) is 3.13. The number of hydrogen-bond acceptors (Lipinski definition) is 1. The second-order valence-electron chi connectivity index (χ2n) is 3.80. The van der Waals surface area contributed by atoms with E-state index in [4.69, 9.17) is 4.74 Å². The van der Waals surface area contributed by atoms with Crippen LogP contribution in [0.2, 0.25) is 0 Å². The molecule has 0 amide bonds. The molecule has 0 spiro atoms. The Bertz CT molecular complexity index is 553. The van der Waals surface area contributed by atoms with E-state index in [0.717, 1.165) is 12.2 Å². The number of benzene rings is 2. The Balaban J connectivity index is 2.48. The van der Waals surface area contributed by atoms with Crippen molar-refractivity contribution in [3.63, 3.8) is 0 Å². The maximum absolute atomic E-state index is 5.38. The van der Waals surface area contributed by atoms with Crippen molar-refractivity contribution in [1.82, 2.24) is 0 Å². The van der Waals surface area contributed by atoms with Crippen LogP contribution in [0.5, 0.6) is 5.75 Å². The van der Waals surface area contributed by atoms with Gasteiger partial charge in [-0.05, 0) is 28.8 Å². The summed E-state index contributed by atoms with van der Waals surface area (Å²) in [6.07, 6.45) is 5.38.